The van der Waals surface area contributed by atoms with Crippen molar-refractivity contribution in [1.82, 2.24) is 4.90 Å². The van der Waals surface area contributed by atoms with Crippen LogP contribution < -0.4 is 5.43 Å². The third-order valence-electron chi connectivity index (χ3n) is 5.49. The molecule has 0 bridgehead atoms. The molecular weight excluding hydrogens is 492 g/mol. The molecule has 4 aromatic rings. The molecule has 1 amide bonds. The standard InChI is InChI=1S/C24H13Cl4NO3/c25-14-6-8-19-15(10-14)22(30)20-21(12-5-7-17(27)18(28)9-12)29(24(31)23(20)32-19)11-13-3-1-2-4-16(13)26/h1-10,21H,11H2. The summed E-state index contributed by atoms with van der Waals surface area (Å²) in [5.41, 5.74) is 1.57. The summed E-state index contributed by atoms with van der Waals surface area (Å²) < 4.78 is 5.91. The predicted octanol–water partition coefficient (Wildman–Crippen LogP) is 7.15. The van der Waals surface area contributed by atoms with Gasteiger partial charge in [0, 0.05) is 16.6 Å². The number of carbonyl (C=O) groups is 1. The first kappa shape index (κ1) is 21.4. The molecule has 0 saturated carbocycles. The predicted molar refractivity (Wildman–Crippen MR) is 127 cm³/mol. The third-order valence-corrected chi connectivity index (χ3v) is 6.83. The fraction of sp³-hybridized carbons (Fsp3) is 0.0833. The molecule has 4 nitrogen and oxygen atoms in total. The topological polar surface area (TPSA) is 50.5 Å². The van der Waals surface area contributed by atoms with Gasteiger partial charge < -0.3 is 9.32 Å². The molecule has 3 aromatic carbocycles. The van der Waals surface area contributed by atoms with E-state index in [9.17, 15) is 9.59 Å². The Morgan fingerprint density at radius 2 is 1.62 bits per heavy atom. The fourth-order valence-corrected chi connectivity index (χ4v) is 4.67. The van der Waals surface area contributed by atoms with Crippen LogP contribution in [0.5, 0.6) is 0 Å². The van der Waals surface area contributed by atoms with E-state index < -0.39 is 11.9 Å². The number of hydrogen-bond acceptors (Lipinski definition) is 3. The summed E-state index contributed by atoms with van der Waals surface area (Å²) in [6.07, 6.45) is 0. The average molecular weight is 505 g/mol. The number of hydrogen-bond donors (Lipinski definition) is 0. The first-order valence-corrected chi connectivity index (χ1v) is 11.1. The number of amides is 1. The van der Waals surface area contributed by atoms with Crippen LogP contribution in [0.15, 0.2) is 69.9 Å². The van der Waals surface area contributed by atoms with Gasteiger partial charge in [-0.2, -0.15) is 0 Å². The number of halogens is 4. The fourth-order valence-electron chi connectivity index (χ4n) is 3.99. The number of carbonyl (C=O) groups excluding carboxylic acids is 1. The highest BCUT2D eigenvalue weighted by Gasteiger charge is 2.43. The molecule has 5 rings (SSSR count). The van der Waals surface area contributed by atoms with Gasteiger partial charge in [0.25, 0.3) is 5.91 Å². The van der Waals surface area contributed by atoms with Crippen molar-refractivity contribution >= 4 is 63.3 Å². The zero-order chi connectivity index (χ0) is 22.6. The number of benzene rings is 3. The zero-order valence-electron chi connectivity index (χ0n) is 16.2. The van der Waals surface area contributed by atoms with Crippen molar-refractivity contribution in [2.45, 2.75) is 12.6 Å². The lowest BCUT2D eigenvalue weighted by atomic mass is 9.98. The molecule has 1 atom stereocenters. The lowest BCUT2D eigenvalue weighted by molar-refractivity contribution is 0.0714. The van der Waals surface area contributed by atoms with Crippen molar-refractivity contribution in [3.05, 3.63) is 113 Å². The lowest BCUT2D eigenvalue weighted by Gasteiger charge is -2.26. The number of fused-ring (bicyclic) bond motifs is 2. The maximum Gasteiger partial charge on any atom is 0.291 e. The highest BCUT2D eigenvalue weighted by atomic mass is 35.5. The van der Waals surface area contributed by atoms with Crippen LogP contribution in [0.3, 0.4) is 0 Å². The van der Waals surface area contributed by atoms with Crippen molar-refractivity contribution in [3.63, 3.8) is 0 Å². The van der Waals surface area contributed by atoms with Gasteiger partial charge >= 0.3 is 0 Å². The van der Waals surface area contributed by atoms with Gasteiger partial charge in [-0.05, 0) is 47.5 Å². The van der Waals surface area contributed by atoms with E-state index in [1.165, 1.54) is 6.07 Å². The quantitative estimate of drug-likeness (QED) is 0.297. The second kappa shape index (κ2) is 8.13. The van der Waals surface area contributed by atoms with Gasteiger partial charge in [-0.15, -0.1) is 0 Å². The zero-order valence-corrected chi connectivity index (χ0v) is 19.3. The highest BCUT2D eigenvalue weighted by Crippen LogP contribution is 2.41. The van der Waals surface area contributed by atoms with E-state index in [4.69, 9.17) is 50.8 Å². The summed E-state index contributed by atoms with van der Waals surface area (Å²) in [7, 11) is 0. The van der Waals surface area contributed by atoms with Crippen molar-refractivity contribution in [2.75, 3.05) is 0 Å². The minimum absolute atomic E-state index is 0.00653. The minimum atomic E-state index is -0.733. The molecule has 1 aliphatic heterocycles. The molecule has 32 heavy (non-hydrogen) atoms. The average Bonchev–Trinajstić information content (AvgIpc) is 3.04. The molecule has 0 saturated heterocycles. The van der Waals surface area contributed by atoms with Crippen LogP contribution in [0.25, 0.3) is 11.0 Å². The Labute approximate surface area is 202 Å². The normalized spacial score (nSPS) is 15.4. The van der Waals surface area contributed by atoms with Crippen LogP contribution in [0, 0.1) is 0 Å². The SMILES string of the molecule is O=C1c2oc3ccc(Cl)cc3c(=O)c2C(c2ccc(Cl)c(Cl)c2)N1Cc1ccccc1Cl. The van der Waals surface area contributed by atoms with E-state index in [1.807, 2.05) is 18.2 Å². The van der Waals surface area contributed by atoms with Crippen molar-refractivity contribution in [1.29, 1.82) is 0 Å². The Kier molecular flexibility index (Phi) is 5.42. The van der Waals surface area contributed by atoms with Gasteiger partial charge in [0.1, 0.15) is 5.58 Å². The maximum atomic E-state index is 13.5. The largest absolute Gasteiger partial charge is 0.450 e. The maximum absolute atomic E-state index is 13.5. The molecule has 1 aromatic heterocycles. The molecule has 8 heteroatoms. The van der Waals surface area contributed by atoms with Crippen LogP contribution in [-0.2, 0) is 6.54 Å². The molecule has 2 heterocycles. The summed E-state index contributed by atoms with van der Waals surface area (Å²) in [5.74, 6) is -0.419. The van der Waals surface area contributed by atoms with Gasteiger partial charge in [0.15, 0.2) is 5.43 Å². The van der Waals surface area contributed by atoms with Gasteiger partial charge in [0.05, 0.1) is 27.0 Å². The van der Waals surface area contributed by atoms with Crippen molar-refractivity contribution in [2.24, 2.45) is 0 Å². The van der Waals surface area contributed by atoms with Crippen molar-refractivity contribution < 1.29 is 9.21 Å². The van der Waals surface area contributed by atoms with E-state index in [-0.39, 0.29) is 23.3 Å². The lowest BCUT2D eigenvalue weighted by Crippen LogP contribution is -2.29. The van der Waals surface area contributed by atoms with E-state index in [0.717, 1.165) is 5.56 Å². The molecule has 0 aliphatic carbocycles. The molecule has 0 fully saturated rings. The van der Waals surface area contributed by atoms with Gasteiger partial charge in [-0.1, -0.05) is 70.7 Å². The smallest absolute Gasteiger partial charge is 0.291 e. The van der Waals surface area contributed by atoms with Crippen LogP contribution in [0.4, 0.5) is 0 Å². The second-order valence-electron chi connectivity index (χ2n) is 7.42. The Morgan fingerprint density at radius 3 is 2.38 bits per heavy atom. The molecule has 1 unspecified atom stereocenters. The molecule has 0 spiro atoms. The van der Waals surface area contributed by atoms with Crippen LogP contribution in [0.2, 0.25) is 20.1 Å². The third kappa shape index (κ3) is 3.48. The van der Waals surface area contributed by atoms with E-state index >= 15 is 0 Å². The second-order valence-corrected chi connectivity index (χ2v) is 9.07. The van der Waals surface area contributed by atoms with Gasteiger partial charge in [-0.3, -0.25) is 9.59 Å². The Balaban J connectivity index is 1.76. The molecule has 160 valence electrons. The van der Waals surface area contributed by atoms with Crippen LogP contribution >= 0.6 is 46.4 Å². The summed E-state index contributed by atoms with van der Waals surface area (Å²) in [6, 6.07) is 16.2. The van der Waals surface area contributed by atoms with Gasteiger partial charge in [-0.25, -0.2) is 0 Å². The first-order valence-electron chi connectivity index (χ1n) is 9.60. The summed E-state index contributed by atoms with van der Waals surface area (Å²) in [6.45, 7) is 0.171. The molecule has 0 N–H and O–H groups in total. The van der Waals surface area contributed by atoms with E-state index in [1.54, 1.807) is 41.3 Å². The van der Waals surface area contributed by atoms with E-state index in [2.05, 4.69) is 0 Å². The Morgan fingerprint density at radius 1 is 0.844 bits per heavy atom. The Bertz CT molecular complexity index is 1460. The van der Waals surface area contributed by atoms with Crippen molar-refractivity contribution in [3.8, 4) is 0 Å². The van der Waals surface area contributed by atoms with Crippen LogP contribution in [0.1, 0.15) is 33.3 Å². The minimum Gasteiger partial charge on any atom is -0.450 e. The van der Waals surface area contributed by atoms with E-state index in [0.29, 0.717) is 36.6 Å². The first-order chi connectivity index (χ1) is 15.3. The summed E-state index contributed by atoms with van der Waals surface area (Å²) in [5, 5.41) is 1.90. The molecule has 0 radical (unpaired) electrons. The number of rotatable bonds is 3. The van der Waals surface area contributed by atoms with Crippen LogP contribution in [-0.4, -0.2) is 10.8 Å². The monoisotopic (exact) mass is 503 g/mol. The number of nitrogens with zero attached hydrogens (tertiary/aromatic N) is 1. The summed E-state index contributed by atoms with van der Waals surface area (Å²) >= 11 is 24.8. The highest BCUT2D eigenvalue weighted by molar-refractivity contribution is 6.42. The molecular formula is C24H13Cl4NO3. The van der Waals surface area contributed by atoms with Gasteiger partial charge in [0.2, 0.25) is 5.76 Å². The Hall–Kier alpha value is -2.50. The molecule has 1 aliphatic rings. The summed E-state index contributed by atoms with van der Waals surface area (Å²) in [4.78, 5) is 28.6.